The minimum absolute atomic E-state index is 0.0409. The van der Waals surface area contributed by atoms with E-state index in [-0.39, 0.29) is 5.69 Å². The zero-order chi connectivity index (χ0) is 22.4. The number of methoxy groups -OCH3 is 1. The molecular weight excluding hydrogens is 416 g/mol. The van der Waals surface area contributed by atoms with E-state index >= 15 is 0 Å². The largest absolute Gasteiger partial charge is 0.493 e. The van der Waals surface area contributed by atoms with Gasteiger partial charge in [-0.05, 0) is 54.0 Å². The SMILES string of the molecule is COc1cc(/C=C(/C#N)c2ccc([N+](=O)[O-])cc2)cc(Cl)c1OCc1ccc(C)cc1. The first-order valence-corrected chi connectivity index (χ1v) is 9.71. The molecule has 0 aliphatic heterocycles. The van der Waals surface area contributed by atoms with Crippen LogP contribution in [0.3, 0.4) is 0 Å². The maximum absolute atomic E-state index is 10.8. The van der Waals surface area contributed by atoms with Gasteiger partial charge in [-0.2, -0.15) is 5.26 Å². The lowest BCUT2D eigenvalue weighted by molar-refractivity contribution is -0.384. The summed E-state index contributed by atoms with van der Waals surface area (Å²) in [7, 11) is 1.51. The number of hydrogen-bond donors (Lipinski definition) is 0. The van der Waals surface area contributed by atoms with Gasteiger partial charge in [0, 0.05) is 12.1 Å². The van der Waals surface area contributed by atoms with Gasteiger partial charge >= 0.3 is 0 Å². The van der Waals surface area contributed by atoms with Crippen LogP contribution in [0.1, 0.15) is 22.3 Å². The average Bonchev–Trinajstić information content (AvgIpc) is 2.77. The van der Waals surface area contributed by atoms with Crippen molar-refractivity contribution < 1.29 is 14.4 Å². The van der Waals surface area contributed by atoms with Crippen LogP contribution in [0.15, 0.2) is 60.7 Å². The zero-order valence-electron chi connectivity index (χ0n) is 17.0. The highest BCUT2D eigenvalue weighted by molar-refractivity contribution is 6.32. The van der Waals surface area contributed by atoms with Gasteiger partial charge in [0.15, 0.2) is 11.5 Å². The fraction of sp³-hybridized carbons (Fsp3) is 0.125. The van der Waals surface area contributed by atoms with Crippen molar-refractivity contribution in [3.05, 3.63) is 98.1 Å². The highest BCUT2D eigenvalue weighted by atomic mass is 35.5. The summed E-state index contributed by atoms with van der Waals surface area (Å²) in [5.41, 5.74) is 3.65. The molecule has 0 aliphatic carbocycles. The number of nitro groups is 1. The molecule has 3 aromatic carbocycles. The third-order valence-electron chi connectivity index (χ3n) is 4.58. The standard InChI is InChI=1S/C24H19ClN2O4/c1-16-3-5-17(6-4-16)15-31-24-22(25)12-18(13-23(24)30-2)11-20(14-26)19-7-9-21(10-8-19)27(28)29/h3-13H,15H2,1-2H3/b20-11-. The first-order valence-electron chi connectivity index (χ1n) is 9.33. The van der Waals surface area contributed by atoms with Crippen molar-refractivity contribution in [2.75, 3.05) is 7.11 Å². The van der Waals surface area contributed by atoms with Gasteiger partial charge in [-0.1, -0.05) is 41.4 Å². The number of aryl methyl sites for hydroxylation is 1. The smallest absolute Gasteiger partial charge is 0.269 e. The predicted octanol–water partition coefficient (Wildman–Crippen LogP) is 6.21. The molecule has 3 rings (SSSR count). The monoisotopic (exact) mass is 434 g/mol. The molecule has 0 unspecified atom stereocenters. The molecule has 0 amide bonds. The van der Waals surface area contributed by atoms with Crippen LogP contribution in [0.5, 0.6) is 11.5 Å². The van der Waals surface area contributed by atoms with Crippen LogP contribution < -0.4 is 9.47 Å². The fourth-order valence-electron chi connectivity index (χ4n) is 2.91. The maximum atomic E-state index is 10.8. The van der Waals surface area contributed by atoms with Crippen molar-refractivity contribution >= 4 is 28.9 Å². The molecule has 0 atom stereocenters. The molecule has 0 saturated heterocycles. The number of halogens is 1. The van der Waals surface area contributed by atoms with Gasteiger partial charge in [-0.15, -0.1) is 0 Å². The molecular formula is C24H19ClN2O4. The Kier molecular flexibility index (Phi) is 6.91. The van der Waals surface area contributed by atoms with E-state index in [1.807, 2.05) is 31.2 Å². The van der Waals surface area contributed by atoms with Crippen molar-refractivity contribution in [3.8, 4) is 17.6 Å². The van der Waals surface area contributed by atoms with Crippen LogP contribution in [-0.4, -0.2) is 12.0 Å². The molecule has 31 heavy (non-hydrogen) atoms. The second-order valence-electron chi connectivity index (χ2n) is 6.78. The van der Waals surface area contributed by atoms with E-state index in [1.54, 1.807) is 18.2 Å². The summed E-state index contributed by atoms with van der Waals surface area (Å²) in [5.74, 6) is 0.850. The van der Waals surface area contributed by atoms with E-state index in [0.29, 0.717) is 39.8 Å². The maximum Gasteiger partial charge on any atom is 0.269 e. The summed E-state index contributed by atoms with van der Waals surface area (Å²) in [6, 6.07) is 19.3. The molecule has 0 heterocycles. The molecule has 0 aromatic heterocycles. The van der Waals surface area contributed by atoms with Gasteiger partial charge in [0.25, 0.3) is 5.69 Å². The van der Waals surface area contributed by atoms with Gasteiger partial charge in [-0.3, -0.25) is 10.1 Å². The predicted molar refractivity (Wildman–Crippen MR) is 120 cm³/mol. The molecule has 0 bridgehead atoms. The van der Waals surface area contributed by atoms with Crippen LogP contribution in [0.4, 0.5) is 5.69 Å². The van der Waals surface area contributed by atoms with E-state index in [9.17, 15) is 15.4 Å². The van der Waals surface area contributed by atoms with Gasteiger partial charge in [-0.25, -0.2) is 0 Å². The topological polar surface area (TPSA) is 85.4 Å². The zero-order valence-corrected chi connectivity index (χ0v) is 17.7. The van der Waals surface area contributed by atoms with E-state index in [1.165, 1.54) is 31.4 Å². The molecule has 6 nitrogen and oxygen atoms in total. The summed E-state index contributed by atoms with van der Waals surface area (Å²) >= 11 is 6.44. The van der Waals surface area contributed by atoms with Crippen molar-refractivity contribution in [1.82, 2.24) is 0 Å². The summed E-state index contributed by atoms with van der Waals surface area (Å²) in [5, 5.41) is 20.7. The van der Waals surface area contributed by atoms with E-state index in [2.05, 4.69) is 6.07 Å². The number of hydrogen-bond acceptors (Lipinski definition) is 5. The van der Waals surface area contributed by atoms with Crippen LogP contribution >= 0.6 is 11.6 Å². The quantitative estimate of drug-likeness (QED) is 0.191. The summed E-state index contributed by atoms with van der Waals surface area (Å²) in [4.78, 5) is 10.3. The van der Waals surface area contributed by atoms with Gasteiger partial charge in [0.1, 0.15) is 6.61 Å². The minimum atomic E-state index is -0.487. The summed E-state index contributed by atoms with van der Waals surface area (Å²) < 4.78 is 11.3. The molecule has 0 spiro atoms. The van der Waals surface area contributed by atoms with Crippen molar-refractivity contribution in [2.45, 2.75) is 13.5 Å². The number of nitro benzene ring substituents is 1. The number of nitriles is 1. The van der Waals surface area contributed by atoms with Crippen molar-refractivity contribution in [3.63, 3.8) is 0 Å². The van der Waals surface area contributed by atoms with Gasteiger partial charge in [0.2, 0.25) is 0 Å². The molecule has 3 aromatic rings. The molecule has 156 valence electrons. The normalized spacial score (nSPS) is 11.0. The molecule has 0 aliphatic rings. The number of non-ortho nitro benzene ring substituents is 1. The first kappa shape index (κ1) is 21.9. The second-order valence-corrected chi connectivity index (χ2v) is 7.19. The third kappa shape index (κ3) is 5.41. The lowest BCUT2D eigenvalue weighted by atomic mass is 10.0. The van der Waals surface area contributed by atoms with Crippen molar-refractivity contribution in [1.29, 1.82) is 5.26 Å². The minimum Gasteiger partial charge on any atom is -0.493 e. The highest BCUT2D eigenvalue weighted by Gasteiger charge is 2.13. The van der Waals surface area contributed by atoms with Crippen LogP contribution in [0.2, 0.25) is 5.02 Å². The van der Waals surface area contributed by atoms with E-state index in [4.69, 9.17) is 21.1 Å². The first-order chi connectivity index (χ1) is 14.9. The van der Waals surface area contributed by atoms with E-state index in [0.717, 1.165) is 11.1 Å². The Hall–Kier alpha value is -3.82. The average molecular weight is 435 g/mol. The third-order valence-corrected chi connectivity index (χ3v) is 4.86. The number of rotatable bonds is 7. The van der Waals surface area contributed by atoms with Crippen LogP contribution in [-0.2, 0) is 6.61 Å². The van der Waals surface area contributed by atoms with Gasteiger partial charge in [0.05, 0.1) is 28.7 Å². The Morgan fingerprint density at radius 1 is 1.16 bits per heavy atom. The molecule has 0 fully saturated rings. The molecule has 7 heteroatoms. The van der Waals surface area contributed by atoms with Crippen LogP contribution in [0, 0.1) is 28.4 Å². The van der Waals surface area contributed by atoms with Crippen LogP contribution in [0.25, 0.3) is 11.6 Å². The number of ether oxygens (including phenoxy) is 2. The van der Waals surface area contributed by atoms with Gasteiger partial charge < -0.3 is 9.47 Å². The Bertz CT molecular complexity index is 1160. The molecule has 0 saturated carbocycles. The lowest BCUT2D eigenvalue weighted by Crippen LogP contribution is -1.99. The molecule has 0 radical (unpaired) electrons. The second kappa shape index (κ2) is 9.79. The number of benzene rings is 3. The summed E-state index contributed by atoms with van der Waals surface area (Å²) in [6.07, 6.45) is 1.64. The summed E-state index contributed by atoms with van der Waals surface area (Å²) in [6.45, 7) is 2.35. The Morgan fingerprint density at radius 2 is 1.84 bits per heavy atom. The Balaban J connectivity index is 1.87. The van der Waals surface area contributed by atoms with Crippen molar-refractivity contribution in [2.24, 2.45) is 0 Å². The lowest BCUT2D eigenvalue weighted by Gasteiger charge is -2.14. The highest BCUT2D eigenvalue weighted by Crippen LogP contribution is 2.38. The number of allylic oxidation sites excluding steroid dienone is 1. The number of nitrogens with zero attached hydrogens (tertiary/aromatic N) is 2. The van der Waals surface area contributed by atoms with E-state index < -0.39 is 4.92 Å². The Labute approximate surface area is 185 Å². The fourth-order valence-corrected chi connectivity index (χ4v) is 3.19. The molecule has 0 N–H and O–H groups in total. The Morgan fingerprint density at radius 3 is 2.42 bits per heavy atom.